The normalized spacial score (nSPS) is 29.1. The lowest BCUT2D eigenvalue weighted by Gasteiger charge is -2.37. The smallest absolute Gasteiger partial charge is 0.253 e. The molecule has 0 bridgehead atoms. The maximum atomic E-state index is 13.0. The number of rotatable bonds is 3. The first-order valence-corrected chi connectivity index (χ1v) is 10.6. The van der Waals surface area contributed by atoms with Gasteiger partial charge in [-0.25, -0.2) is 8.42 Å². The number of carbonyl (C=O) groups is 1. The van der Waals surface area contributed by atoms with E-state index in [1.54, 1.807) is 17.0 Å². The van der Waals surface area contributed by atoms with Crippen LogP contribution in [0.5, 0.6) is 0 Å². The van der Waals surface area contributed by atoms with Gasteiger partial charge in [0.1, 0.15) is 10.3 Å². The van der Waals surface area contributed by atoms with Crippen molar-refractivity contribution in [3.05, 3.63) is 17.0 Å². The summed E-state index contributed by atoms with van der Waals surface area (Å²) in [6.45, 7) is 7.20. The highest BCUT2D eigenvalue weighted by molar-refractivity contribution is 7.91. The van der Waals surface area contributed by atoms with E-state index in [-0.39, 0.29) is 18.1 Å². The van der Waals surface area contributed by atoms with Crippen LogP contribution in [0.25, 0.3) is 0 Å². The molecule has 2 fully saturated rings. The molecule has 3 unspecified atom stereocenters. The Bertz CT molecular complexity index is 705. The first kappa shape index (κ1) is 17.8. The molecule has 3 rings (SSSR count). The molecule has 2 aliphatic rings. The summed E-state index contributed by atoms with van der Waals surface area (Å²) in [6.07, 6.45) is 1.26. The zero-order valence-corrected chi connectivity index (χ0v) is 15.9. The minimum absolute atomic E-state index is 0.0240. The van der Waals surface area contributed by atoms with Crippen molar-refractivity contribution in [1.82, 2.24) is 9.21 Å². The van der Waals surface area contributed by atoms with Crippen molar-refractivity contribution in [2.45, 2.75) is 56.1 Å². The fraction of sp³-hybridized carbons (Fsp3) is 0.688. The third-order valence-electron chi connectivity index (χ3n) is 4.50. The van der Waals surface area contributed by atoms with Crippen molar-refractivity contribution in [2.75, 3.05) is 19.6 Å². The van der Waals surface area contributed by atoms with Crippen LogP contribution in [-0.4, -0.2) is 61.4 Å². The molecular weight excluding hydrogens is 348 g/mol. The van der Waals surface area contributed by atoms with E-state index in [1.165, 1.54) is 15.6 Å². The van der Waals surface area contributed by atoms with Crippen LogP contribution in [0, 0.1) is 6.92 Å². The van der Waals surface area contributed by atoms with Crippen LogP contribution < -0.4 is 0 Å². The van der Waals surface area contributed by atoms with E-state index >= 15 is 0 Å². The molecule has 0 aromatic carbocycles. The Labute approximate surface area is 147 Å². The lowest BCUT2D eigenvalue weighted by atomic mass is 10.1. The molecular formula is C16H24N2O4S2. The van der Waals surface area contributed by atoms with Crippen LogP contribution in [0.15, 0.2) is 16.3 Å². The van der Waals surface area contributed by atoms with Gasteiger partial charge in [-0.1, -0.05) is 0 Å². The summed E-state index contributed by atoms with van der Waals surface area (Å²) < 4.78 is 33.2. The molecule has 3 heterocycles. The Kier molecular flexibility index (Phi) is 5.01. The second-order valence-electron chi connectivity index (χ2n) is 6.64. The fourth-order valence-electron chi connectivity index (χ4n) is 3.51. The Morgan fingerprint density at radius 1 is 1.25 bits per heavy atom. The standard InChI is InChI=1S/C16H24N2O4S2/c1-11-9-17(10-12(2)22-11)16(19)14-5-4-8-18(14)24(20,21)15-7-6-13(3)23-15/h6-7,11-12,14H,4-5,8-10H2,1-3H3. The highest BCUT2D eigenvalue weighted by atomic mass is 32.2. The maximum Gasteiger partial charge on any atom is 0.253 e. The van der Waals surface area contributed by atoms with Crippen molar-refractivity contribution < 1.29 is 17.9 Å². The molecule has 6 nitrogen and oxygen atoms in total. The van der Waals surface area contributed by atoms with E-state index in [0.29, 0.717) is 30.3 Å². The second-order valence-corrected chi connectivity index (χ2v) is 10.0. The Morgan fingerprint density at radius 2 is 1.92 bits per heavy atom. The summed E-state index contributed by atoms with van der Waals surface area (Å²) >= 11 is 1.26. The second kappa shape index (κ2) is 6.74. The Morgan fingerprint density at radius 3 is 2.50 bits per heavy atom. The molecule has 1 aromatic rings. The average molecular weight is 373 g/mol. The van der Waals surface area contributed by atoms with Crippen molar-refractivity contribution in [3.63, 3.8) is 0 Å². The van der Waals surface area contributed by atoms with Gasteiger partial charge < -0.3 is 9.64 Å². The predicted octanol–water partition coefficient (Wildman–Crippen LogP) is 1.85. The number of aryl methyl sites for hydroxylation is 1. The SMILES string of the molecule is Cc1ccc(S(=O)(=O)N2CCCC2C(=O)N2CC(C)OC(C)C2)s1. The highest BCUT2D eigenvalue weighted by Gasteiger charge is 2.42. The van der Waals surface area contributed by atoms with Gasteiger partial charge in [-0.2, -0.15) is 4.31 Å². The topological polar surface area (TPSA) is 66.9 Å². The van der Waals surface area contributed by atoms with Crippen LogP contribution in [0.1, 0.15) is 31.6 Å². The van der Waals surface area contributed by atoms with Crippen molar-refractivity contribution in [1.29, 1.82) is 0 Å². The van der Waals surface area contributed by atoms with E-state index in [9.17, 15) is 13.2 Å². The van der Waals surface area contributed by atoms with Crippen molar-refractivity contribution >= 4 is 27.3 Å². The number of hydrogen-bond donors (Lipinski definition) is 0. The lowest BCUT2D eigenvalue weighted by Crippen LogP contribution is -2.54. The molecule has 0 spiro atoms. The predicted molar refractivity (Wildman–Crippen MR) is 92.6 cm³/mol. The molecule has 134 valence electrons. The summed E-state index contributed by atoms with van der Waals surface area (Å²) in [6, 6.07) is 2.85. The van der Waals surface area contributed by atoms with Gasteiger partial charge in [0, 0.05) is 24.5 Å². The fourth-order valence-corrected chi connectivity index (χ4v) is 6.57. The first-order valence-electron chi connectivity index (χ1n) is 8.31. The molecule has 8 heteroatoms. The number of hydrogen-bond acceptors (Lipinski definition) is 5. The van der Waals surface area contributed by atoms with Crippen LogP contribution in [0.3, 0.4) is 0 Å². The van der Waals surface area contributed by atoms with Gasteiger partial charge in [0.2, 0.25) is 5.91 Å². The molecule has 24 heavy (non-hydrogen) atoms. The van der Waals surface area contributed by atoms with E-state index < -0.39 is 16.1 Å². The number of thiophene rings is 1. The number of morpholine rings is 1. The summed E-state index contributed by atoms with van der Waals surface area (Å²) in [5.41, 5.74) is 0. The minimum atomic E-state index is -3.60. The summed E-state index contributed by atoms with van der Waals surface area (Å²) in [5, 5.41) is 0. The molecule has 0 N–H and O–H groups in total. The van der Waals surface area contributed by atoms with Gasteiger partial charge in [-0.05, 0) is 45.7 Å². The quantitative estimate of drug-likeness (QED) is 0.812. The minimum Gasteiger partial charge on any atom is -0.372 e. The van der Waals surface area contributed by atoms with Crippen LogP contribution in [0.2, 0.25) is 0 Å². The zero-order valence-electron chi connectivity index (χ0n) is 14.3. The molecule has 2 aliphatic heterocycles. The maximum absolute atomic E-state index is 13.0. The lowest BCUT2D eigenvalue weighted by molar-refractivity contribution is -0.146. The van der Waals surface area contributed by atoms with Crippen LogP contribution >= 0.6 is 11.3 Å². The number of sulfonamides is 1. The summed E-state index contributed by atoms with van der Waals surface area (Å²) in [7, 11) is -3.60. The molecule has 0 radical (unpaired) electrons. The largest absolute Gasteiger partial charge is 0.372 e. The van der Waals surface area contributed by atoms with Crippen molar-refractivity contribution in [3.8, 4) is 0 Å². The van der Waals surface area contributed by atoms with Gasteiger partial charge in [0.15, 0.2) is 0 Å². The van der Waals surface area contributed by atoms with Gasteiger partial charge >= 0.3 is 0 Å². The average Bonchev–Trinajstić information content (AvgIpc) is 3.14. The number of nitrogens with zero attached hydrogens (tertiary/aromatic N) is 2. The molecule has 1 amide bonds. The van der Waals surface area contributed by atoms with Crippen LogP contribution in [-0.2, 0) is 19.6 Å². The van der Waals surface area contributed by atoms with Gasteiger partial charge in [-0.15, -0.1) is 11.3 Å². The number of carbonyl (C=O) groups excluding carboxylic acids is 1. The molecule has 0 aliphatic carbocycles. The summed E-state index contributed by atoms with van der Waals surface area (Å²) in [4.78, 5) is 15.7. The zero-order chi connectivity index (χ0) is 17.5. The molecule has 2 saturated heterocycles. The molecule has 0 saturated carbocycles. The van der Waals surface area contributed by atoms with Gasteiger partial charge in [-0.3, -0.25) is 4.79 Å². The third-order valence-corrected chi connectivity index (χ3v) is 7.87. The van der Waals surface area contributed by atoms with Gasteiger partial charge in [0.05, 0.1) is 12.2 Å². The van der Waals surface area contributed by atoms with E-state index in [4.69, 9.17) is 4.74 Å². The van der Waals surface area contributed by atoms with E-state index in [2.05, 4.69) is 0 Å². The number of ether oxygens (including phenoxy) is 1. The third kappa shape index (κ3) is 3.37. The van der Waals surface area contributed by atoms with Crippen LogP contribution in [0.4, 0.5) is 0 Å². The Balaban J connectivity index is 1.81. The first-order chi connectivity index (χ1) is 11.3. The van der Waals surface area contributed by atoms with Crippen molar-refractivity contribution in [2.24, 2.45) is 0 Å². The summed E-state index contributed by atoms with van der Waals surface area (Å²) in [5.74, 6) is -0.0913. The van der Waals surface area contributed by atoms with E-state index in [0.717, 1.165) is 11.3 Å². The Hall–Kier alpha value is -0.960. The molecule has 3 atom stereocenters. The molecule has 1 aromatic heterocycles. The number of amides is 1. The highest BCUT2D eigenvalue weighted by Crippen LogP contribution is 2.31. The van der Waals surface area contributed by atoms with E-state index in [1.807, 2.05) is 20.8 Å². The monoisotopic (exact) mass is 372 g/mol. The van der Waals surface area contributed by atoms with Gasteiger partial charge in [0.25, 0.3) is 10.0 Å².